The minimum atomic E-state index is 0.508. The lowest BCUT2D eigenvalue weighted by Gasteiger charge is -2.10. The second kappa shape index (κ2) is 4.67. The quantitative estimate of drug-likeness (QED) is 0.740. The van der Waals surface area contributed by atoms with E-state index in [-0.39, 0.29) is 0 Å². The number of aromatic nitrogens is 1. The lowest BCUT2D eigenvalue weighted by atomic mass is 10.2. The van der Waals surface area contributed by atoms with Crippen LogP contribution in [-0.4, -0.2) is 25.7 Å². The largest absolute Gasteiger partial charge is 0.491 e. The fraction of sp³-hybridized carbons (Fsp3) is 0.444. The molecule has 0 spiro atoms. The average Bonchev–Trinajstić information content (AvgIpc) is 2.18. The van der Waals surface area contributed by atoms with Crippen LogP contribution in [-0.2, 0) is 6.42 Å². The maximum atomic E-state index is 5.46. The van der Waals surface area contributed by atoms with E-state index in [9.17, 15) is 0 Å². The summed E-state index contributed by atoms with van der Waals surface area (Å²) in [4.78, 5) is 4.02. The van der Waals surface area contributed by atoms with E-state index in [1.54, 1.807) is 20.4 Å². The Morgan fingerprint density at radius 2 is 2.15 bits per heavy atom. The van der Waals surface area contributed by atoms with Crippen LogP contribution >= 0.6 is 0 Å². The first-order valence-corrected chi connectivity index (χ1v) is 4.09. The van der Waals surface area contributed by atoms with Crippen molar-refractivity contribution in [1.29, 1.82) is 0 Å². The summed E-state index contributed by atoms with van der Waals surface area (Å²) < 4.78 is 10.2. The van der Waals surface area contributed by atoms with Crippen molar-refractivity contribution < 1.29 is 9.47 Å². The second-order valence-corrected chi connectivity index (χ2v) is 2.55. The number of hydrogen-bond acceptors (Lipinski definition) is 4. The van der Waals surface area contributed by atoms with Crippen LogP contribution in [0.1, 0.15) is 5.56 Å². The molecule has 1 heterocycles. The molecule has 0 aliphatic rings. The minimum absolute atomic E-state index is 0.508. The van der Waals surface area contributed by atoms with E-state index in [2.05, 4.69) is 4.98 Å². The highest BCUT2D eigenvalue weighted by molar-refractivity contribution is 5.41. The number of nitrogens with zero attached hydrogens (tertiary/aromatic N) is 1. The smallest absolute Gasteiger partial charge is 0.256 e. The van der Waals surface area contributed by atoms with Gasteiger partial charge in [0.1, 0.15) is 0 Å². The Morgan fingerprint density at radius 3 is 2.69 bits per heavy atom. The molecule has 0 fully saturated rings. The maximum absolute atomic E-state index is 5.46. The number of nitrogens with two attached hydrogens (primary N) is 1. The first kappa shape index (κ1) is 9.80. The van der Waals surface area contributed by atoms with Crippen LogP contribution in [0.4, 0.5) is 0 Å². The van der Waals surface area contributed by atoms with E-state index in [0.717, 1.165) is 12.0 Å². The molecule has 4 heteroatoms. The molecule has 0 bridgehead atoms. The zero-order chi connectivity index (χ0) is 9.68. The van der Waals surface area contributed by atoms with Crippen LogP contribution in [0, 0.1) is 0 Å². The van der Waals surface area contributed by atoms with Crippen molar-refractivity contribution in [3.05, 3.63) is 17.8 Å². The van der Waals surface area contributed by atoms with Crippen molar-refractivity contribution in [3.63, 3.8) is 0 Å². The van der Waals surface area contributed by atoms with Crippen molar-refractivity contribution in [2.45, 2.75) is 6.42 Å². The Hall–Kier alpha value is -1.29. The Bertz CT molecular complexity index is 276. The third kappa shape index (κ3) is 2.09. The van der Waals surface area contributed by atoms with E-state index in [1.807, 2.05) is 6.07 Å². The van der Waals surface area contributed by atoms with Gasteiger partial charge in [-0.2, -0.15) is 0 Å². The van der Waals surface area contributed by atoms with Crippen LogP contribution in [0.15, 0.2) is 12.3 Å². The highest BCUT2D eigenvalue weighted by Gasteiger charge is 2.09. The number of hydrogen-bond donors (Lipinski definition) is 1. The van der Waals surface area contributed by atoms with Gasteiger partial charge in [0.2, 0.25) is 0 Å². The zero-order valence-electron chi connectivity index (χ0n) is 7.91. The van der Waals surface area contributed by atoms with Crippen molar-refractivity contribution in [2.24, 2.45) is 5.73 Å². The minimum Gasteiger partial charge on any atom is -0.491 e. The van der Waals surface area contributed by atoms with Gasteiger partial charge in [-0.25, -0.2) is 4.98 Å². The molecular formula is C9H14N2O2. The normalized spacial score (nSPS) is 9.77. The van der Waals surface area contributed by atoms with Crippen LogP contribution < -0.4 is 15.2 Å². The number of pyridine rings is 1. The molecule has 0 saturated carbocycles. The summed E-state index contributed by atoms with van der Waals surface area (Å²) in [5.41, 5.74) is 6.48. The first-order valence-electron chi connectivity index (χ1n) is 4.09. The van der Waals surface area contributed by atoms with Gasteiger partial charge < -0.3 is 15.2 Å². The van der Waals surface area contributed by atoms with Crippen molar-refractivity contribution in [3.8, 4) is 11.6 Å². The van der Waals surface area contributed by atoms with Gasteiger partial charge >= 0.3 is 0 Å². The van der Waals surface area contributed by atoms with Crippen molar-refractivity contribution >= 4 is 0 Å². The predicted octanol–water partition coefficient (Wildman–Crippen LogP) is 0.600. The van der Waals surface area contributed by atoms with Crippen LogP contribution in [0.5, 0.6) is 11.6 Å². The summed E-state index contributed by atoms with van der Waals surface area (Å²) in [5.74, 6) is 1.18. The fourth-order valence-electron chi connectivity index (χ4n) is 1.18. The fourth-order valence-corrected chi connectivity index (χ4v) is 1.18. The molecule has 1 aromatic heterocycles. The van der Waals surface area contributed by atoms with Crippen molar-refractivity contribution in [1.82, 2.24) is 4.98 Å². The van der Waals surface area contributed by atoms with Gasteiger partial charge in [-0.3, -0.25) is 0 Å². The highest BCUT2D eigenvalue weighted by Crippen LogP contribution is 2.27. The molecule has 0 aromatic carbocycles. The average molecular weight is 182 g/mol. The standard InChI is InChI=1S/C9H14N2O2/c1-12-8-7(3-5-10)4-6-11-9(8)13-2/h4,6H,3,5,10H2,1-2H3. The molecule has 72 valence electrons. The van der Waals surface area contributed by atoms with Gasteiger partial charge in [0, 0.05) is 11.8 Å². The van der Waals surface area contributed by atoms with Crippen LogP contribution in [0.3, 0.4) is 0 Å². The van der Waals surface area contributed by atoms with Crippen molar-refractivity contribution in [2.75, 3.05) is 20.8 Å². The Kier molecular flexibility index (Phi) is 3.52. The third-order valence-corrected chi connectivity index (χ3v) is 1.76. The van der Waals surface area contributed by atoms with Crippen LogP contribution in [0.2, 0.25) is 0 Å². The molecule has 0 aliphatic carbocycles. The molecule has 0 amide bonds. The summed E-state index contributed by atoms with van der Waals surface area (Å²) >= 11 is 0. The van der Waals surface area contributed by atoms with Gasteiger partial charge in [0.25, 0.3) is 5.88 Å². The molecule has 0 radical (unpaired) electrons. The lowest BCUT2D eigenvalue weighted by molar-refractivity contribution is 0.340. The molecule has 1 rings (SSSR count). The summed E-state index contributed by atoms with van der Waals surface area (Å²) in [5, 5.41) is 0. The predicted molar refractivity (Wildman–Crippen MR) is 50.1 cm³/mol. The summed E-state index contributed by atoms with van der Waals surface area (Å²) in [6, 6.07) is 1.88. The number of rotatable bonds is 4. The van der Waals surface area contributed by atoms with E-state index in [0.29, 0.717) is 18.2 Å². The maximum Gasteiger partial charge on any atom is 0.256 e. The molecule has 0 aliphatic heterocycles. The summed E-state index contributed by atoms with van der Waals surface area (Å²) in [6.45, 7) is 0.587. The van der Waals surface area contributed by atoms with Gasteiger partial charge in [-0.1, -0.05) is 0 Å². The highest BCUT2D eigenvalue weighted by atomic mass is 16.5. The van der Waals surface area contributed by atoms with E-state index >= 15 is 0 Å². The van der Waals surface area contributed by atoms with Gasteiger partial charge in [-0.15, -0.1) is 0 Å². The Morgan fingerprint density at radius 1 is 1.38 bits per heavy atom. The monoisotopic (exact) mass is 182 g/mol. The van der Waals surface area contributed by atoms with E-state index in [1.165, 1.54) is 0 Å². The molecule has 4 nitrogen and oxygen atoms in total. The van der Waals surface area contributed by atoms with Gasteiger partial charge in [0.05, 0.1) is 14.2 Å². The SMILES string of the molecule is COc1nccc(CCN)c1OC. The van der Waals surface area contributed by atoms with Crippen LogP contribution in [0.25, 0.3) is 0 Å². The number of ether oxygens (including phenoxy) is 2. The van der Waals surface area contributed by atoms with E-state index < -0.39 is 0 Å². The zero-order valence-corrected chi connectivity index (χ0v) is 7.91. The van der Waals surface area contributed by atoms with Gasteiger partial charge in [0.15, 0.2) is 5.75 Å². The van der Waals surface area contributed by atoms with Gasteiger partial charge in [-0.05, 0) is 19.0 Å². The Balaban J connectivity index is 3.03. The topological polar surface area (TPSA) is 57.4 Å². The van der Waals surface area contributed by atoms with E-state index in [4.69, 9.17) is 15.2 Å². The molecule has 1 aromatic rings. The molecule has 0 saturated heterocycles. The second-order valence-electron chi connectivity index (χ2n) is 2.55. The molecule has 2 N–H and O–H groups in total. The molecule has 0 unspecified atom stereocenters. The molecule has 13 heavy (non-hydrogen) atoms. The Labute approximate surface area is 77.7 Å². The number of methoxy groups -OCH3 is 2. The summed E-state index contributed by atoms with van der Waals surface area (Å²) in [7, 11) is 3.16. The third-order valence-electron chi connectivity index (χ3n) is 1.76. The molecular weight excluding hydrogens is 168 g/mol. The lowest BCUT2D eigenvalue weighted by Crippen LogP contribution is -2.05. The molecule has 0 atom stereocenters. The first-order chi connectivity index (χ1) is 6.33. The summed E-state index contributed by atoms with van der Waals surface area (Å²) in [6.07, 6.45) is 2.45.